The molecule has 120 valence electrons. The van der Waals surface area contributed by atoms with Crippen LogP contribution in [0.25, 0.3) is 0 Å². The second-order valence-electron chi connectivity index (χ2n) is 5.07. The number of hydrogen-bond acceptors (Lipinski definition) is 5. The van der Waals surface area contributed by atoms with Gasteiger partial charge in [0, 0.05) is 31.9 Å². The number of rotatable bonds is 2. The number of amides is 2. The quantitative estimate of drug-likeness (QED) is 0.778. The minimum atomic E-state index is -0.736. The minimum absolute atomic E-state index is 0.284. The maximum atomic E-state index is 12.9. The predicted molar refractivity (Wildman–Crippen MR) is 79.6 cm³/mol. The normalized spacial score (nSPS) is 14.7. The molecule has 0 bridgehead atoms. The number of halogens is 1. The number of nitrogens with one attached hydrogen (secondary N) is 1. The average molecular weight is 318 g/mol. The van der Waals surface area contributed by atoms with Gasteiger partial charge in [0.05, 0.1) is 0 Å². The Hall–Kier alpha value is -2.97. The number of carbonyl (C=O) groups is 2. The van der Waals surface area contributed by atoms with Crippen LogP contribution in [0.2, 0.25) is 0 Å². The zero-order valence-corrected chi connectivity index (χ0v) is 12.2. The Balaban J connectivity index is 1.54. The topological polar surface area (TPSA) is 83.4 Å². The van der Waals surface area contributed by atoms with Crippen molar-refractivity contribution in [2.24, 2.45) is 0 Å². The minimum Gasteiger partial charge on any atom is -0.368 e. The monoisotopic (exact) mass is 318 g/mol. The molecule has 23 heavy (non-hydrogen) atoms. The third kappa shape index (κ3) is 3.44. The van der Waals surface area contributed by atoms with Gasteiger partial charge in [-0.2, -0.15) is 0 Å². The smallest absolute Gasteiger partial charge is 0.328 e. The second kappa shape index (κ2) is 6.42. The number of carbonyl (C=O) groups excluding carboxylic acids is 2. The van der Waals surface area contributed by atoms with E-state index in [0.717, 1.165) is 5.69 Å². The summed E-state index contributed by atoms with van der Waals surface area (Å²) >= 11 is 0. The van der Waals surface area contributed by atoms with Crippen LogP contribution in [0.1, 0.15) is 0 Å². The fraction of sp³-hybridized carbons (Fsp3) is 0.286. The average Bonchev–Trinajstić information content (AvgIpc) is 3.08. The maximum absolute atomic E-state index is 12.9. The molecule has 1 fully saturated rings. The molecule has 2 aromatic rings. The van der Waals surface area contributed by atoms with Gasteiger partial charge in [0.25, 0.3) is 0 Å². The van der Waals surface area contributed by atoms with E-state index in [1.807, 2.05) is 4.90 Å². The molecule has 9 heteroatoms. The van der Waals surface area contributed by atoms with E-state index >= 15 is 0 Å². The largest absolute Gasteiger partial charge is 0.368 e. The van der Waals surface area contributed by atoms with E-state index in [0.29, 0.717) is 26.2 Å². The van der Waals surface area contributed by atoms with E-state index < -0.39 is 11.8 Å². The molecule has 0 spiro atoms. The first-order chi connectivity index (χ1) is 11.1. The van der Waals surface area contributed by atoms with Gasteiger partial charge in [0.1, 0.15) is 18.5 Å². The molecule has 0 atom stereocenters. The summed E-state index contributed by atoms with van der Waals surface area (Å²) in [6.07, 6.45) is 2.58. The van der Waals surface area contributed by atoms with Crippen molar-refractivity contribution in [3.8, 4) is 0 Å². The highest BCUT2D eigenvalue weighted by atomic mass is 19.1. The van der Waals surface area contributed by atoms with E-state index in [1.54, 1.807) is 12.1 Å². The van der Waals surface area contributed by atoms with Crippen molar-refractivity contribution in [3.63, 3.8) is 0 Å². The van der Waals surface area contributed by atoms with Crippen LogP contribution in [0.5, 0.6) is 0 Å². The van der Waals surface area contributed by atoms with Crippen LogP contribution in [0, 0.1) is 5.82 Å². The molecule has 2 heterocycles. The fourth-order valence-corrected chi connectivity index (χ4v) is 2.39. The van der Waals surface area contributed by atoms with E-state index in [9.17, 15) is 14.0 Å². The van der Waals surface area contributed by atoms with Crippen LogP contribution in [0.4, 0.5) is 10.1 Å². The predicted octanol–water partition coefficient (Wildman–Crippen LogP) is -0.164. The zero-order chi connectivity index (χ0) is 16.2. The van der Waals surface area contributed by atoms with Gasteiger partial charge in [-0.15, -0.1) is 10.2 Å². The van der Waals surface area contributed by atoms with Crippen LogP contribution in [-0.4, -0.2) is 57.8 Å². The van der Waals surface area contributed by atoms with Crippen LogP contribution >= 0.6 is 0 Å². The van der Waals surface area contributed by atoms with Gasteiger partial charge in [0.2, 0.25) is 0 Å². The summed E-state index contributed by atoms with van der Waals surface area (Å²) in [5.74, 6) is -1.62. The van der Waals surface area contributed by atoms with Crippen LogP contribution in [-0.2, 0) is 9.59 Å². The Morgan fingerprint density at radius 1 is 1.00 bits per heavy atom. The van der Waals surface area contributed by atoms with Gasteiger partial charge in [-0.3, -0.25) is 15.0 Å². The lowest BCUT2D eigenvalue weighted by Gasteiger charge is -2.35. The van der Waals surface area contributed by atoms with Crippen molar-refractivity contribution in [1.82, 2.24) is 19.8 Å². The summed E-state index contributed by atoms with van der Waals surface area (Å²) in [5.41, 5.74) is 3.27. The molecular formula is C14H15FN6O2. The number of hydrogen-bond donors (Lipinski definition) is 1. The first-order valence-electron chi connectivity index (χ1n) is 7.09. The highest BCUT2D eigenvalue weighted by Gasteiger charge is 2.26. The van der Waals surface area contributed by atoms with Gasteiger partial charge in [0.15, 0.2) is 0 Å². The molecule has 0 saturated carbocycles. The Kier molecular flexibility index (Phi) is 4.18. The van der Waals surface area contributed by atoms with Crippen molar-refractivity contribution in [2.75, 3.05) is 36.5 Å². The van der Waals surface area contributed by atoms with Crippen LogP contribution < -0.4 is 10.3 Å². The van der Waals surface area contributed by atoms with Gasteiger partial charge in [-0.1, -0.05) is 0 Å². The molecule has 0 unspecified atom stereocenters. The lowest BCUT2D eigenvalue weighted by Crippen LogP contribution is -2.52. The summed E-state index contributed by atoms with van der Waals surface area (Å²) < 4.78 is 14.2. The zero-order valence-electron chi connectivity index (χ0n) is 12.2. The molecule has 3 rings (SSSR count). The van der Waals surface area contributed by atoms with Crippen molar-refractivity contribution in [3.05, 3.63) is 42.7 Å². The van der Waals surface area contributed by atoms with Gasteiger partial charge >= 0.3 is 11.8 Å². The first kappa shape index (κ1) is 14.9. The summed E-state index contributed by atoms with van der Waals surface area (Å²) in [6.45, 7) is 2.01. The van der Waals surface area contributed by atoms with Crippen LogP contribution in [0.15, 0.2) is 36.9 Å². The van der Waals surface area contributed by atoms with Gasteiger partial charge in [-0.05, 0) is 24.3 Å². The standard InChI is InChI=1S/C14H15FN6O2/c15-11-1-3-12(4-2-11)19-5-7-20(8-6-19)14(23)13(22)18-21-9-16-17-10-21/h1-4,9-10H,5-8H2,(H,18,22). The number of benzene rings is 1. The highest BCUT2D eigenvalue weighted by molar-refractivity contribution is 6.38. The molecule has 1 aliphatic heterocycles. The molecule has 8 nitrogen and oxygen atoms in total. The third-order valence-corrected chi connectivity index (χ3v) is 3.60. The Labute approximate surface area is 131 Å². The summed E-state index contributed by atoms with van der Waals surface area (Å²) in [5, 5.41) is 7.07. The van der Waals surface area contributed by atoms with Crippen molar-refractivity contribution in [1.29, 1.82) is 0 Å². The van der Waals surface area contributed by atoms with Crippen molar-refractivity contribution >= 4 is 17.5 Å². The number of aromatic nitrogens is 3. The SMILES string of the molecule is O=C(Nn1cnnc1)C(=O)N1CCN(c2ccc(F)cc2)CC1. The van der Waals surface area contributed by atoms with E-state index in [1.165, 1.54) is 34.4 Å². The van der Waals surface area contributed by atoms with Crippen LogP contribution in [0.3, 0.4) is 0 Å². The summed E-state index contributed by atoms with van der Waals surface area (Å²) in [6, 6.07) is 6.20. The number of nitrogens with zero attached hydrogens (tertiary/aromatic N) is 5. The third-order valence-electron chi connectivity index (χ3n) is 3.60. The van der Waals surface area contributed by atoms with Gasteiger partial charge < -0.3 is 9.80 Å². The van der Waals surface area contributed by atoms with Crippen molar-refractivity contribution < 1.29 is 14.0 Å². The molecule has 1 saturated heterocycles. The number of piperazine rings is 1. The molecule has 2 amide bonds. The summed E-state index contributed by atoms with van der Waals surface area (Å²) in [7, 11) is 0. The molecular weight excluding hydrogens is 303 g/mol. The van der Waals surface area contributed by atoms with Gasteiger partial charge in [-0.25, -0.2) is 9.07 Å². The fourth-order valence-electron chi connectivity index (χ4n) is 2.39. The molecule has 1 aromatic heterocycles. The Bertz CT molecular complexity index is 680. The first-order valence-corrected chi connectivity index (χ1v) is 7.09. The summed E-state index contributed by atoms with van der Waals surface area (Å²) in [4.78, 5) is 27.5. The van der Waals surface area contributed by atoms with E-state index in [2.05, 4.69) is 15.6 Å². The second-order valence-corrected chi connectivity index (χ2v) is 5.07. The lowest BCUT2D eigenvalue weighted by atomic mass is 10.2. The lowest BCUT2D eigenvalue weighted by molar-refractivity contribution is -0.143. The van der Waals surface area contributed by atoms with E-state index in [4.69, 9.17) is 0 Å². The van der Waals surface area contributed by atoms with E-state index in [-0.39, 0.29) is 5.82 Å². The Morgan fingerprint density at radius 2 is 1.61 bits per heavy atom. The molecule has 0 aliphatic carbocycles. The number of anilines is 1. The molecule has 1 N–H and O–H groups in total. The molecule has 0 radical (unpaired) electrons. The molecule has 1 aromatic carbocycles. The Morgan fingerprint density at radius 3 is 2.22 bits per heavy atom. The highest BCUT2D eigenvalue weighted by Crippen LogP contribution is 2.16. The van der Waals surface area contributed by atoms with Crippen molar-refractivity contribution in [2.45, 2.75) is 0 Å². The molecule has 1 aliphatic rings. The maximum Gasteiger partial charge on any atom is 0.328 e.